The van der Waals surface area contributed by atoms with Crippen LogP contribution in [0.25, 0.3) is 0 Å². The van der Waals surface area contributed by atoms with E-state index in [0.717, 1.165) is 10.0 Å². The molecule has 110 valence electrons. The third kappa shape index (κ3) is 1.21. The number of ether oxygens (including phenoxy) is 2. The predicted octanol–water partition coefficient (Wildman–Crippen LogP) is 1.64. The zero-order chi connectivity index (χ0) is 15.6. The van der Waals surface area contributed by atoms with E-state index < -0.39 is 22.7 Å². The van der Waals surface area contributed by atoms with Crippen molar-refractivity contribution in [2.75, 3.05) is 13.2 Å². The molecular formula is C15H11BrN4O2. The van der Waals surface area contributed by atoms with Gasteiger partial charge in [-0.25, -0.2) is 4.99 Å². The number of benzene rings is 1. The molecule has 2 fully saturated rings. The van der Waals surface area contributed by atoms with Gasteiger partial charge >= 0.3 is 0 Å². The van der Waals surface area contributed by atoms with E-state index >= 15 is 0 Å². The van der Waals surface area contributed by atoms with E-state index in [1.165, 1.54) is 0 Å². The number of aliphatic imine (C=N–C) groups is 1. The van der Waals surface area contributed by atoms with Gasteiger partial charge in [-0.2, -0.15) is 10.5 Å². The second kappa shape index (κ2) is 4.08. The lowest BCUT2D eigenvalue weighted by Gasteiger charge is -2.25. The first kappa shape index (κ1) is 13.7. The smallest absolute Gasteiger partial charge is 0.293 e. The number of rotatable bonds is 1. The molecule has 7 heteroatoms. The van der Waals surface area contributed by atoms with E-state index in [1.807, 2.05) is 24.3 Å². The normalized spacial score (nSPS) is 37.2. The largest absolute Gasteiger partial charge is 0.386 e. The highest BCUT2D eigenvalue weighted by atomic mass is 79.9. The Kier molecular flexibility index (Phi) is 2.54. The SMILES string of the molecule is N#C[C@]12C(N)=NC3(OCCO3)[C@@]1(C#N)[C@@H]2c1ccc(Br)cc1. The van der Waals surface area contributed by atoms with Crippen LogP contribution in [0.1, 0.15) is 11.5 Å². The molecule has 3 aliphatic rings. The van der Waals surface area contributed by atoms with E-state index in [4.69, 9.17) is 15.2 Å². The number of fused-ring (bicyclic) bond motifs is 2. The molecule has 3 atom stereocenters. The molecule has 2 heterocycles. The Labute approximate surface area is 135 Å². The maximum Gasteiger partial charge on any atom is 0.293 e. The molecule has 2 N–H and O–H groups in total. The van der Waals surface area contributed by atoms with Crippen molar-refractivity contribution in [3.8, 4) is 12.1 Å². The van der Waals surface area contributed by atoms with Gasteiger partial charge in [0.05, 0.1) is 25.4 Å². The third-order valence-corrected chi connectivity index (χ3v) is 5.34. The summed E-state index contributed by atoms with van der Waals surface area (Å²) in [7, 11) is 0. The van der Waals surface area contributed by atoms with Crippen molar-refractivity contribution in [1.82, 2.24) is 0 Å². The van der Waals surface area contributed by atoms with Crippen LogP contribution in [0, 0.1) is 33.5 Å². The van der Waals surface area contributed by atoms with Gasteiger partial charge in [0.1, 0.15) is 11.3 Å². The molecule has 4 rings (SSSR count). The Hall–Kier alpha value is -1.93. The Morgan fingerprint density at radius 1 is 1.18 bits per heavy atom. The van der Waals surface area contributed by atoms with Gasteiger partial charge in [-0.1, -0.05) is 28.1 Å². The first-order valence-corrected chi connectivity index (χ1v) is 7.59. The maximum absolute atomic E-state index is 9.89. The van der Waals surface area contributed by atoms with Gasteiger partial charge in [0, 0.05) is 10.4 Å². The summed E-state index contributed by atoms with van der Waals surface area (Å²) in [6.45, 7) is 0.656. The molecule has 1 aromatic rings. The van der Waals surface area contributed by atoms with Crippen LogP contribution in [-0.2, 0) is 9.47 Å². The monoisotopic (exact) mass is 358 g/mol. The summed E-state index contributed by atoms with van der Waals surface area (Å²) >= 11 is 3.38. The van der Waals surface area contributed by atoms with Crippen LogP contribution < -0.4 is 5.73 Å². The average molecular weight is 359 g/mol. The number of hydrogen-bond donors (Lipinski definition) is 1. The number of nitrogens with zero attached hydrogens (tertiary/aromatic N) is 3. The van der Waals surface area contributed by atoms with Crippen molar-refractivity contribution in [2.45, 2.75) is 11.8 Å². The fourth-order valence-electron chi connectivity index (χ4n) is 3.87. The lowest BCUT2D eigenvalue weighted by atomic mass is 9.94. The summed E-state index contributed by atoms with van der Waals surface area (Å²) in [6.07, 6.45) is 0. The number of hydrogen-bond acceptors (Lipinski definition) is 6. The number of halogens is 1. The molecule has 2 aliphatic heterocycles. The molecule has 1 saturated carbocycles. The zero-order valence-corrected chi connectivity index (χ0v) is 13.0. The lowest BCUT2D eigenvalue weighted by molar-refractivity contribution is -0.184. The first-order valence-electron chi connectivity index (χ1n) is 6.80. The van der Waals surface area contributed by atoms with Gasteiger partial charge in [-0.05, 0) is 17.7 Å². The highest BCUT2D eigenvalue weighted by molar-refractivity contribution is 9.10. The number of amidine groups is 1. The molecular weight excluding hydrogens is 348 g/mol. The van der Waals surface area contributed by atoms with Crippen LogP contribution >= 0.6 is 15.9 Å². The van der Waals surface area contributed by atoms with Crippen molar-refractivity contribution >= 4 is 21.8 Å². The summed E-state index contributed by atoms with van der Waals surface area (Å²) in [5.41, 5.74) is 4.47. The summed E-state index contributed by atoms with van der Waals surface area (Å²) in [5.74, 6) is -1.76. The molecule has 1 spiro atoms. The molecule has 1 saturated heterocycles. The van der Waals surface area contributed by atoms with Gasteiger partial charge in [0.2, 0.25) is 0 Å². The first-order chi connectivity index (χ1) is 10.6. The van der Waals surface area contributed by atoms with Gasteiger partial charge in [0.15, 0.2) is 5.41 Å². The second-order valence-electron chi connectivity index (χ2n) is 5.60. The standard InChI is InChI=1S/C15H11BrN4O2/c16-10-3-1-9(2-4-10)11-13(7-17)12(19)20-15(14(11,13)8-18)21-5-6-22-15/h1-4,11H,5-6H2,(H2,19,20)/t11-,13+,14+/m1/s1. The van der Waals surface area contributed by atoms with Crippen LogP contribution in [0.15, 0.2) is 33.7 Å². The minimum absolute atomic E-state index is 0.117. The topological polar surface area (TPSA) is 104 Å². The molecule has 0 aromatic heterocycles. The lowest BCUT2D eigenvalue weighted by Crippen LogP contribution is -2.38. The molecule has 1 aromatic carbocycles. The minimum atomic E-state index is -1.46. The Morgan fingerprint density at radius 3 is 2.36 bits per heavy atom. The van der Waals surface area contributed by atoms with Gasteiger partial charge in [0.25, 0.3) is 5.91 Å². The van der Waals surface area contributed by atoms with Gasteiger partial charge in [-0.3, -0.25) is 0 Å². The molecule has 22 heavy (non-hydrogen) atoms. The molecule has 0 radical (unpaired) electrons. The van der Waals surface area contributed by atoms with E-state index in [1.54, 1.807) is 0 Å². The quantitative estimate of drug-likeness (QED) is 0.821. The van der Waals surface area contributed by atoms with Gasteiger partial charge in [-0.15, -0.1) is 0 Å². The number of nitrogens with two attached hydrogens (primary N) is 1. The second-order valence-corrected chi connectivity index (χ2v) is 6.52. The van der Waals surface area contributed by atoms with Crippen molar-refractivity contribution < 1.29 is 9.47 Å². The van der Waals surface area contributed by atoms with Crippen LogP contribution in [0.3, 0.4) is 0 Å². The fraction of sp³-hybridized carbons (Fsp3) is 0.400. The highest BCUT2D eigenvalue weighted by Gasteiger charge is 2.94. The van der Waals surface area contributed by atoms with Crippen molar-refractivity contribution in [2.24, 2.45) is 21.6 Å². The molecule has 0 bridgehead atoms. The zero-order valence-electron chi connectivity index (χ0n) is 11.4. The third-order valence-electron chi connectivity index (χ3n) is 4.81. The van der Waals surface area contributed by atoms with Crippen molar-refractivity contribution in [1.29, 1.82) is 10.5 Å². The summed E-state index contributed by atoms with van der Waals surface area (Å²) in [4.78, 5) is 4.23. The van der Waals surface area contributed by atoms with E-state index in [-0.39, 0.29) is 5.84 Å². The van der Waals surface area contributed by atoms with Crippen LogP contribution in [0.2, 0.25) is 0 Å². The molecule has 1 aliphatic carbocycles. The molecule has 0 amide bonds. The minimum Gasteiger partial charge on any atom is -0.386 e. The van der Waals surface area contributed by atoms with Crippen LogP contribution in [0.5, 0.6) is 0 Å². The molecule has 0 unspecified atom stereocenters. The Balaban J connectivity index is 1.92. The summed E-state index contributed by atoms with van der Waals surface area (Å²) < 4.78 is 12.2. The van der Waals surface area contributed by atoms with Crippen molar-refractivity contribution in [3.63, 3.8) is 0 Å². The van der Waals surface area contributed by atoms with E-state index in [2.05, 4.69) is 33.1 Å². The fourth-order valence-corrected chi connectivity index (χ4v) is 4.14. The van der Waals surface area contributed by atoms with Crippen LogP contribution in [-0.4, -0.2) is 25.0 Å². The average Bonchev–Trinajstić information content (AvgIpc) is 2.77. The highest BCUT2D eigenvalue weighted by Crippen LogP contribution is 2.82. The van der Waals surface area contributed by atoms with Crippen molar-refractivity contribution in [3.05, 3.63) is 34.3 Å². The van der Waals surface area contributed by atoms with Crippen LogP contribution in [0.4, 0.5) is 0 Å². The Morgan fingerprint density at radius 2 is 1.82 bits per heavy atom. The maximum atomic E-state index is 9.89. The summed E-state index contributed by atoms with van der Waals surface area (Å²) in [6, 6.07) is 12.0. The predicted molar refractivity (Wildman–Crippen MR) is 79.2 cm³/mol. The Bertz CT molecular complexity index is 772. The molecule has 6 nitrogen and oxygen atoms in total. The summed E-state index contributed by atoms with van der Waals surface area (Å²) in [5, 5.41) is 19.7. The van der Waals surface area contributed by atoms with E-state index in [0.29, 0.717) is 13.2 Å². The number of nitriles is 2. The van der Waals surface area contributed by atoms with E-state index in [9.17, 15) is 10.5 Å². The van der Waals surface area contributed by atoms with Gasteiger partial charge < -0.3 is 15.2 Å².